The van der Waals surface area contributed by atoms with Crippen LogP contribution < -0.4 is 9.47 Å². The molecule has 82 valence electrons. The normalized spacial score (nSPS) is 10.1. The zero-order valence-electron chi connectivity index (χ0n) is 9.19. The molecule has 0 aliphatic carbocycles. The van der Waals surface area contributed by atoms with Crippen molar-refractivity contribution < 1.29 is 14.3 Å². The fraction of sp³-hybridized carbons (Fsp3) is 0.455. The van der Waals surface area contributed by atoms with Crippen molar-refractivity contribution in [1.29, 1.82) is 0 Å². The Morgan fingerprint density at radius 1 is 1.47 bits per heavy atom. The van der Waals surface area contributed by atoms with Crippen molar-refractivity contribution in [2.24, 2.45) is 5.92 Å². The van der Waals surface area contributed by atoms with Gasteiger partial charge in [0.2, 0.25) is 0 Å². The summed E-state index contributed by atoms with van der Waals surface area (Å²) in [5, 5.41) is 0. The van der Waals surface area contributed by atoms with Gasteiger partial charge in [0, 0.05) is 6.07 Å². The number of hydrogen-bond acceptors (Lipinski definition) is 4. The van der Waals surface area contributed by atoms with E-state index in [0.717, 1.165) is 0 Å². The molecule has 1 aromatic rings. The summed E-state index contributed by atoms with van der Waals surface area (Å²) in [6.45, 7) is 4.71. The van der Waals surface area contributed by atoms with Crippen LogP contribution in [0, 0.1) is 5.92 Å². The standard InChI is InChI=1S/C11H15NO3/c1-8(2)7-15-11-5-12-9(6-13)4-10(11)14-3/h4-6,8H,7H2,1-3H3. The van der Waals surface area contributed by atoms with Crippen molar-refractivity contribution >= 4 is 6.29 Å². The SMILES string of the molecule is COc1cc(C=O)ncc1OCC(C)C. The highest BCUT2D eigenvalue weighted by Gasteiger charge is 2.07. The van der Waals surface area contributed by atoms with Crippen LogP contribution in [0.25, 0.3) is 0 Å². The third-order valence-corrected chi connectivity index (χ3v) is 1.77. The Morgan fingerprint density at radius 3 is 2.73 bits per heavy atom. The maximum Gasteiger partial charge on any atom is 0.179 e. The van der Waals surface area contributed by atoms with Crippen LogP contribution in [0.1, 0.15) is 24.3 Å². The second-order valence-electron chi connectivity index (χ2n) is 3.58. The average Bonchev–Trinajstić information content (AvgIpc) is 2.25. The first-order valence-corrected chi connectivity index (χ1v) is 4.79. The Morgan fingerprint density at radius 2 is 2.20 bits per heavy atom. The van der Waals surface area contributed by atoms with Crippen molar-refractivity contribution in [2.45, 2.75) is 13.8 Å². The highest BCUT2D eigenvalue weighted by molar-refractivity contribution is 5.73. The Labute approximate surface area is 89.2 Å². The summed E-state index contributed by atoms with van der Waals surface area (Å²) in [4.78, 5) is 14.4. The molecule has 0 amide bonds. The summed E-state index contributed by atoms with van der Waals surface area (Å²) in [6.07, 6.45) is 2.18. The fourth-order valence-electron chi connectivity index (χ4n) is 1.03. The second-order valence-corrected chi connectivity index (χ2v) is 3.58. The number of carbonyl (C=O) groups excluding carboxylic acids is 1. The fourth-order valence-corrected chi connectivity index (χ4v) is 1.03. The van der Waals surface area contributed by atoms with E-state index in [-0.39, 0.29) is 0 Å². The molecular formula is C11H15NO3. The van der Waals surface area contributed by atoms with E-state index in [1.165, 1.54) is 13.3 Å². The molecule has 0 radical (unpaired) electrons. The first kappa shape index (κ1) is 11.5. The number of methoxy groups -OCH3 is 1. The number of aldehydes is 1. The third kappa shape index (κ3) is 3.23. The van der Waals surface area contributed by atoms with Crippen LogP contribution in [-0.2, 0) is 0 Å². The van der Waals surface area contributed by atoms with Crippen molar-refractivity contribution in [3.05, 3.63) is 18.0 Å². The van der Waals surface area contributed by atoms with E-state index >= 15 is 0 Å². The van der Waals surface area contributed by atoms with Gasteiger partial charge in [-0.25, -0.2) is 4.98 Å². The van der Waals surface area contributed by atoms with E-state index in [0.29, 0.717) is 36.0 Å². The lowest BCUT2D eigenvalue weighted by atomic mass is 10.2. The smallest absolute Gasteiger partial charge is 0.179 e. The van der Waals surface area contributed by atoms with Gasteiger partial charge in [-0.1, -0.05) is 13.8 Å². The molecule has 4 nitrogen and oxygen atoms in total. The lowest BCUT2D eigenvalue weighted by Gasteiger charge is -2.11. The zero-order valence-corrected chi connectivity index (χ0v) is 9.19. The highest BCUT2D eigenvalue weighted by Crippen LogP contribution is 2.26. The Hall–Kier alpha value is -1.58. The molecule has 0 aliphatic rings. The van der Waals surface area contributed by atoms with Crippen molar-refractivity contribution in [1.82, 2.24) is 4.98 Å². The second kappa shape index (κ2) is 5.34. The number of pyridine rings is 1. The molecule has 0 saturated carbocycles. The molecule has 15 heavy (non-hydrogen) atoms. The lowest BCUT2D eigenvalue weighted by molar-refractivity contribution is 0.111. The number of hydrogen-bond donors (Lipinski definition) is 0. The van der Waals surface area contributed by atoms with Crippen LogP contribution in [0.4, 0.5) is 0 Å². The summed E-state index contributed by atoms with van der Waals surface area (Å²) >= 11 is 0. The van der Waals surface area contributed by atoms with Crippen LogP contribution in [0.5, 0.6) is 11.5 Å². The van der Waals surface area contributed by atoms with E-state index in [4.69, 9.17) is 9.47 Å². The minimum Gasteiger partial charge on any atom is -0.493 e. The molecule has 1 aromatic heterocycles. The van der Waals surface area contributed by atoms with Crippen LogP contribution in [0.15, 0.2) is 12.3 Å². The molecule has 0 unspecified atom stereocenters. The quantitative estimate of drug-likeness (QED) is 0.695. The average molecular weight is 209 g/mol. The first-order chi connectivity index (χ1) is 7.17. The molecule has 0 atom stereocenters. The van der Waals surface area contributed by atoms with E-state index in [1.807, 2.05) is 0 Å². The molecule has 0 saturated heterocycles. The molecule has 1 heterocycles. The minimum absolute atomic E-state index is 0.337. The van der Waals surface area contributed by atoms with Crippen LogP contribution in [-0.4, -0.2) is 25.0 Å². The summed E-state index contributed by atoms with van der Waals surface area (Å²) in [5.41, 5.74) is 0.337. The molecular weight excluding hydrogens is 194 g/mol. The van der Waals surface area contributed by atoms with Gasteiger partial charge in [-0.15, -0.1) is 0 Å². The van der Waals surface area contributed by atoms with E-state index < -0.39 is 0 Å². The number of carbonyl (C=O) groups is 1. The maximum atomic E-state index is 10.5. The number of ether oxygens (including phenoxy) is 2. The summed E-state index contributed by atoms with van der Waals surface area (Å²) < 4.78 is 10.6. The van der Waals surface area contributed by atoms with Gasteiger partial charge in [-0.2, -0.15) is 0 Å². The van der Waals surface area contributed by atoms with Gasteiger partial charge in [0.25, 0.3) is 0 Å². The van der Waals surface area contributed by atoms with E-state index in [9.17, 15) is 4.79 Å². The lowest BCUT2D eigenvalue weighted by Crippen LogP contribution is -2.06. The van der Waals surface area contributed by atoms with E-state index in [1.54, 1.807) is 6.07 Å². The summed E-state index contributed by atoms with van der Waals surface area (Å²) in [7, 11) is 1.53. The molecule has 0 fully saturated rings. The molecule has 0 spiro atoms. The predicted molar refractivity (Wildman–Crippen MR) is 56.5 cm³/mol. The van der Waals surface area contributed by atoms with Gasteiger partial charge >= 0.3 is 0 Å². The van der Waals surface area contributed by atoms with Gasteiger partial charge in [-0.05, 0) is 5.92 Å². The Bertz CT molecular complexity index is 337. The van der Waals surface area contributed by atoms with Crippen molar-refractivity contribution in [3.63, 3.8) is 0 Å². The Kier molecular flexibility index (Phi) is 4.09. The minimum atomic E-state index is 0.337. The highest BCUT2D eigenvalue weighted by atomic mass is 16.5. The van der Waals surface area contributed by atoms with Gasteiger partial charge in [0.05, 0.1) is 19.9 Å². The third-order valence-electron chi connectivity index (χ3n) is 1.77. The molecule has 0 aromatic carbocycles. The molecule has 0 bridgehead atoms. The number of rotatable bonds is 5. The Balaban J connectivity index is 2.82. The molecule has 4 heteroatoms. The predicted octanol–water partition coefficient (Wildman–Crippen LogP) is 1.94. The molecule has 0 N–H and O–H groups in total. The van der Waals surface area contributed by atoms with Crippen molar-refractivity contribution in [2.75, 3.05) is 13.7 Å². The number of nitrogens with zero attached hydrogens (tertiary/aromatic N) is 1. The maximum absolute atomic E-state index is 10.5. The zero-order chi connectivity index (χ0) is 11.3. The summed E-state index contributed by atoms with van der Waals surface area (Å²) in [6, 6.07) is 1.56. The summed E-state index contributed by atoms with van der Waals surface area (Å²) in [5.74, 6) is 1.53. The van der Waals surface area contributed by atoms with E-state index in [2.05, 4.69) is 18.8 Å². The van der Waals surface area contributed by atoms with Crippen LogP contribution in [0.3, 0.4) is 0 Å². The first-order valence-electron chi connectivity index (χ1n) is 4.79. The van der Waals surface area contributed by atoms with Crippen LogP contribution in [0.2, 0.25) is 0 Å². The molecule has 0 aliphatic heterocycles. The topological polar surface area (TPSA) is 48.4 Å². The monoisotopic (exact) mass is 209 g/mol. The largest absolute Gasteiger partial charge is 0.493 e. The van der Waals surface area contributed by atoms with Gasteiger partial charge in [0.15, 0.2) is 17.8 Å². The van der Waals surface area contributed by atoms with Crippen LogP contribution >= 0.6 is 0 Å². The number of aromatic nitrogens is 1. The van der Waals surface area contributed by atoms with Gasteiger partial charge in [0.1, 0.15) is 5.69 Å². The van der Waals surface area contributed by atoms with Crippen molar-refractivity contribution in [3.8, 4) is 11.5 Å². The van der Waals surface area contributed by atoms with Gasteiger partial charge in [-0.3, -0.25) is 4.79 Å². The van der Waals surface area contributed by atoms with Gasteiger partial charge < -0.3 is 9.47 Å². The molecule has 1 rings (SSSR count).